The van der Waals surface area contributed by atoms with Crippen molar-refractivity contribution in [3.05, 3.63) is 64.5 Å². The highest BCUT2D eigenvalue weighted by Crippen LogP contribution is 2.40. The molecule has 5 heteroatoms. The van der Waals surface area contributed by atoms with Crippen LogP contribution < -0.4 is 10.2 Å². The van der Waals surface area contributed by atoms with Crippen LogP contribution in [0.15, 0.2) is 47.8 Å². The van der Waals surface area contributed by atoms with E-state index in [-0.39, 0.29) is 5.91 Å². The largest absolute Gasteiger partial charge is 0.357 e. The Morgan fingerprint density at radius 3 is 2.88 bits per heavy atom. The number of thiazole rings is 1. The van der Waals surface area contributed by atoms with Gasteiger partial charge in [0.05, 0.1) is 17.8 Å². The van der Waals surface area contributed by atoms with Crippen LogP contribution in [0.3, 0.4) is 0 Å². The van der Waals surface area contributed by atoms with E-state index >= 15 is 0 Å². The first-order valence-corrected chi connectivity index (χ1v) is 9.86. The van der Waals surface area contributed by atoms with Gasteiger partial charge in [-0.1, -0.05) is 30.3 Å². The van der Waals surface area contributed by atoms with Gasteiger partial charge in [-0.05, 0) is 41.7 Å². The lowest BCUT2D eigenvalue weighted by molar-refractivity contribution is -0.117. The van der Waals surface area contributed by atoms with Crippen LogP contribution in [0.5, 0.6) is 0 Å². The molecule has 1 N–H and O–H groups in total. The third-order valence-electron chi connectivity index (χ3n) is 5.09. The second-order valence-corrected chi connectivity index (χ2v) is 7.70. The molecule has 0 fully saturated rings. The molecular formula is C21H19N3OS. The number of rotatable bonds is 4. The van der Waals surface area contributed by atoms with E-state index in [9.17, 15) is 4.79 Å². The molecule has 0 spiro atoms. The minimum absolute atomic E-state index is 0.238. The summed E-state index contributed by atoms with van der Waals surface area (Å²) in [5.74, 6) is 0.238. The smallest absolute Gasteiger partial charge is 0.231 e. The summed E-state index contributed by atoms with van der Waals surface area (Å²) in [5.41, 5.74) is 6.98. The van der Waals surface area contributed by atoms with Crippen LogP contribution in [0.2, 0.25) is 0 Å². The zero-order valence-electron chi connectivity index (χ0n) is 14.4. The molecule has 2 aromatic carbocycles. The normalized spacial score (nSPS) is 15.2. The number of nitrogens with one attached hydrogen (secondary N) is 1. The lowest BCUT2D eigenvalue weighted by atomic mass is 9.96. The molecule has 0 unspecified atom stereocenters. The number of anilines is 2. The van der Waals surface area contributed by atoms with Gasteiger partial charge in [0.25, 0.3) is 0 Å². The van der Waals surface area contributed by atoms with Crippen molar-refractivity contribution in [2.24, 2.45) is 0 Å². The lowest BCUT2D eigenvalue weighted by Crippen LogP contribution is -2.31. The quantitative estimate of drug-likeness (QED) is 0.755. The minimum atomic E-state index is 0.238. The Kier molecular flexibility index (Phi) is 3.75. The van der Waals surface area contributed by atoms with Crippen molar-refractivity contribution < 1.29 is 4.79 Å². The molecule has 1 amide bonds. The van der Waals surface area contributed by atoms with E-state index in [0.29, 0.717) is 6.42 Å². The van der Waals surface area contributed by atoms with E-state index in [0.717, 1.165) is 47.9 Å². The fraction of sp³-hybridized carbons (Fsp3) is 0.238. The van der Waals surface area contributed by atoms with Gasteiger partial charge >= 0.3 is 0 Å². The van der Waals surface area contributed by atoms with Crippen LogP contribution in [0, 0.1) is 0 Å². The first kappa shape index (κ1) is 15.6. The zero-order chi connectivity index (χ0) is 17.5. The van der Waals surface area contributed by atoms with Crippen molar-refractivity contribution in [2.75, 3.05) is 16.8 Å². The molecule has 0 radical (unpaired) electrons. The van der Waals surface area contributed by atoms with Gasteiger partial charge in [-0.15, -0.1) is 11.3 Å². The van der Waals surface area contributed by atoms with Crippen LogP contribution >= 0.6 is 11.3 Å². The summed E-state index contributed by atoms with van der Waals surface area (Å²) in [4.78, 5) is 18.9. The number of carbonyl (C=O) groups is 1. The number of hydrogen-bond acceptors (Lipinski definition) is 4. The molecular weight excluding hydrogens is 342 g/mol. The fourth-order valence-electron chi connectivity index (χ4n) is 3.89. The number of hydrogen-bond donors (Lipinski definition) is 1. The highest BCUT2D eigenvalue weighted by molar-refractivity contribution is 7.14. The Morgan fingerprint density at radius 1 is 1.15 bits per heavy atom. The zero-order valence-corrected chi connectivity index (χ0v) is 15.2. The third kappa shape index (κ3) is 2.69. The van der Waals surface area contributed by atoms with Gasteiger partial charge in [-0.2, -0.15) is 0 Å². The van der Waals surface area contributed by atoms with Crippen molar-refractivity contribution in [1.29, 1.82) is 0 Å². The topological polar surface area (TPSA) is 45.2 Å². The fourth-order valence-corrected chi connectivity index (χ4v) is 4.61. The average molecular weight is 361 g/mol. The van der Waals surface area contributed by atoms with Crippen LogP contribution in [-0.4, -0.2) is 17.4 Å². The molecule has 26 heavy (non-hydrogen) atoms. The highest BCUT2D eigenvalue weighted by atomic mass is 32.1. The van der Waals surface area contributed by atoms with E-state index in [2.05, 4.69) is 35.0 Å². The van der Waals surface area contributed by atoms with Crippen LogP contribution in [0.4, 0.5) is 10.8 Å². The van der Waals surface area contributed by atoms with Gasteiger partial charge in [0.15, 0.2) is 5.13 Å². The molecule has 1 aromatic heterocycles. The summed E-state index contributed by atoms with van der Waals surface area (Å²) >= 11 is 1.63. The first-order chi connectivity index (χ1) is 12.8. The first-order valence-electron chi connectivity index (χ1n) is 8.98. The van der Waals surface area contributed by atoms with E-state index in [1.165, 1.54) is 16.8 Å². The number of aryl methyl sites for hydroxylation is 1. The van der Waals surface area contributed by atoms with E-state index in [4.69, 9.17) is 4.98 Å². The highest BCUT2D eigenvalue weighted by Gasteiger charge is 2.32. The summed E-state index contributed by atoms with van der Waals surface area (Å²) in [6.07, 6.45) is 2.62. The molecule has 2 aliphatic heterocycles. The molecule has 4 nitrogen and oxygen atoms in total. The Labute approximate surface area is 156 Å². The van der Waals surface area contributed by atoms with Crippen LogP contribution in [0.25, 0.3) is 11.3 Å². The standard InChI is InChI=1S/C21H19N3OS/c25-19-11-17-10-16(9-15-7-4-8-24(19)20(15)17)18-13-26-21(23-18)22-12-14-5-2-1-3-6-14/h1-3,5-6,9-10,13H,4,7-8,11-12H2,(H,22,23). The molecule has 3 heterocycles. The van der Waals surface area contributed by atoms with E-state index in [1.807, 2.05) is 23.1 Å². The van der Waals surface area contributed by atoms with Crippen molar-refractivity contribution in [1.82, 2.24) is 4.98 Å². The average Bonchev–Trinajstić information content (AvgIpc) is 3.27. The van der Waals surface area contributed by atoms with Crippen LogP contribution in [-0.2, 0) is 24.2 Å². The monoisotopic (exact) mass is 361 g/mol. The molecule has 0 aliphatic carbocycles. The van der Waals surface area contributed by atoms with Crippen LogP contribution in [0.1, 0.15) is 23.1 Å². The molecule has 0 saturated heterocycles. The molecule has 0 atom stereocenters. The van der Waals surface area contributed by atoms with E-state index in [1.54, 1.807) is 11.3 Å². The molecule has 3 aromatic rings. The number of nitrogens with zero attached hydrogens (tertiary/aromatic N) is 2. The summed E-state index contributed by atoms with van der Waals surface area (Å²) in [6, 6.07) is 14.7. The second-order valence-electron chi connectivity index (χ2n) is 6.85. The number of aromatic nitrogens is 1. The van der Waals surface area contributed by atoms with Gasteiger partial charge in [-0.3, -0.25) is 4.79 Å². The van der Waals surface area contributed by atoms with Gasteiger partial charge < -0.3 is 10.2 Å². The summed E-state index contributed by atoms with van der Waals surface area (Å²) in [6.45, 7) is 1.63. The summed E-state index contributed by atoms with van der Waals surface area (Å²) in [5, 5.41) is 6.43. The van der Waals surface area contributed by atoms with Crippen molar-refractivity contribution in [2.45, 2.75) is 25.8 Å². The maximum absolute atomic E-state index is 12.2. The maximum Gasteiger partial charge on any atom is 0.231 e. The van der Waals surface area contributed by atoms with Gasteiger partial charge in [-0.25, -0.2) is 4.98 Å². The molecule has 2 aliphatic rings. The van der Waals surface area contributed by atoms with Crippen molar-refractivity contribution >= 4 is 28.1 Å². The predicted octanol–water partition coefficient (Wildman–Crippen LogP) is 4.26. The Morgan fingerprint density at radius 2 is 2.00 bits per heavy atom. The number of carbonyl (C=O) groups excluding carboxylic acids is 1. The Bertz CT molecular complexity index is 980. The van der Waals surface area contributed by atoms with Crippen molar-refractivity contribution in [3.8, 4) is 11.3 Å². The maximum atomic E-state index is 12.2. The molecule has 5 rings (SSSR count). The third-order valence-corrected chi connectivity index (χ3v) is 5.89. The van der Waals surface area contributed by atoms with Crippen molar-refractivity contribution in [3.63, 3.8) is 0 Å². The second kappa shape index (κ2) is 6.25. The molecule has 130 valence electrons. The summed E-state index contributed by atoms with van der Waals surface area (Å²) < 4.78 is 0. The number of amides is 1. The molecule has 0 saturated carbocycles. The predicted molar refractivity (Wildman–Crippen MR) is 106 cm³/mol. The Hall–Kier alpha value is -2.66. The SMILES string of the molecule is O=C1Cc2cc(-c3csc(NCc4ccccc4)n3)cc3c2N1CCC3. The van der Waals surface area contributed by atoms with Gasteiger partial charge in [0, 0.05) is 24.0 Å². The number of benzene rings is 2. The van der Waals surface area contributed by atoms with Gasteiger partial charge in [0.2, 0.25) is 5.91 Å². The minimum Gasteiger partial charge on any atom is -0.357 e. The summed E-state index contributed by atoms with van der Waals surface area (Å²) in [7, 11) is 0. The lowest BCUT2D eigenvalue weighted by Gasteiger charge is -2.25. The van der Waals surface area contributed by atoms with E-state index < -0.39 is 0 Å². The Balaban J connectivity index is 1.41. The van der Waals surface area contributed by atoms with Gasteiger partial charge in [0.1, 0.15) is 0 Å². The molecule has 0 bridgehead atoms.